The number of carboxylic acids is 3. The van der Waals surface area contributed by atoms with Gasteiger partial charge in [-0.3, -0.25) is 4.79 Å². The van der Waals surface area contributed by atoms with E-state index in [1.54, 1.807) is 0 Å². The first-order valence-electron chi connectivity index (χ1n) is 4.99. The van der Waals surface area contributed by atoms with E-state index in [2.05, 4.69) is 0 Å². The zero-order chi connectivity index (χ0) is 13.0. The first-order chi connectivity index (χ1) is 7.80. The van der Waals surface area contributed by atoms with Crippen molar-refractivity contribution in [1.29, 1.82) is 0 Å². The highest BCUT2D eigenvalue weighted by molar-refractivity contribution is 5.92. The molecule has 0 heterocycles. The molecule has 7 heteroatoms. The Morgan fingerprint density at radius 2 is 1.88 bits per heavy atom. The van der Waals surface area contributed by atoms with Gasteiger partial charge in [-0.05, 0) is 17.9 Å². The lowest BCUT2D eigenvalue weighted by Gasteiger charge is -2.24. The van der Waals surface area contributed by atoms with Gasteiger partial charge in [0.25, 0.3) is 0 Å². The average molecular weight is 241 g/mol. The molecule has 0 saturated heterocycles. The number of carboxylic acid groups (broad SMARTS) is 3. The topological polar surface area (TPSA) is 138 Å². The maximum absolute atomic E-state index is 11.2. The van der Waals surface area contributed by atoms with Crippen molar-refractivity contribution in [3.63, 3.8) is 0 Å². The molecule has 5 N–H and O–H groups in total. The van der Waals surface area contributed by atoms with Crippen LogP contribution in [0.15, 0.2) is 11.6 Å². The SMILES string of the molecule is N[C@]1(C(=O)O)C(=CC(=O)O)C[C@@H]2[C@@H](C(=O)O)[C@H]21. The highest BCUT2D eigenvalue weighted by atomic mass is 16.4. The van der Waals surface area contributed by atoms with E-state index in [-0.39, 0.29) is 17.9 Å². The Morgan fingerprint density at radius 3 is 2.29 bits per heavy atom. The molecule has 0 aromatic rings. The van der Waals surface area contributed by atoms with Gasteiger partial charge < -0.3 is 21.1 Å². The smallest absolute Gasteiger partial charge is 0.328 e. The lowest BCUT2D eigenvalue weighted by Crippen LogP contribution is -2.51. The summed E-state index contributed by atoms with van der Waals surface area (Å²) in [5.41, 5.74) is 3.95. The van der Waals surface area contributed by atoms with Crippen LogP contribution in [0.2, 0.25) is 0 Å². The van der Waals surface area contributed by atoms with Crippen LogP contribution in [-0.4, -0.2) is 38.8 Å². The molecule has 92 valence electrons. The predicted molar refractivity (Wildman–Crippen MR) is 53.0 cm³/mol. The fourth-order valence-corrected chi connectivity index (χ4v) is 2.83. The second-order valence-corrected chi connectivity index (χ2v) is 4.44. The highest BCUT2D eigenvalue weighted by Gasteiger charge is 2.72. The molecule has 0 spiro atoms. The Kier molecular flexibility index (Phi) is 2.25. The summed E-state index contributed by atoms with van der Waals surface area (Å²) < 4.78 is 0. The number of nitrogens with two attached hydrogens (primary N) is 1. The van der Waals surface area contributed by atoms with Crippen molar-refractivity contribution in [3.05, 3.63) is 11.6 Å². The largest absolute Gasteiger partial charge is 0.481 e. The van der Waals surface area contributed by atoms with Gasteiger partial charge in [0.2, 0.25) is 0 Å². The van der Waals surface area contributed by atoms with E-state index < -0.39 is 35.3 Å². The summed E-state index contributed by atoms with van der Waals surface area (Å²) in [4.78, 5) is 32.6. The van der Waals surface area contributed by atoms with Crippen LogP contribution in [0.5, 0.6) is 0 Å². The first-order valence-corrected chi connectivity index (χ1v) is 4.99. The Bertz CT molecular complexity index is 456. The molecular weight excluding hydrogens is 230 g/mol. The van der Waals surface area contributed by atoms with Crippen LogP contribution in [0, 0.1) is 17.8 Å². The van der Waals surface area contributed by atoms with Gasteiger partial charge in [0.15, 0.2) is 0 Å². The molecule has 7 nitrogen and oxygen atoms in total. The van der Waals surface area contributed by atoms with Gasteiger partial charge in [0.1, 0.15) is 5.54 Å². The van der Waals surface area contributed by atoms with E-state index in [9.17, 15) is 14.4 Å². The van der Waals surface area contributed by atoms with E-state index in [4.69, 9.17) is 21.1 Å². The molecule has 0 amide bonds. The summed E-state index contributed by atoms with van der Waals surface area (Å²) in [6.07, 6.45) is 0.899. The average Bonchev–Trinajstić information content (AvgIpc) is 2.82. The van der Waals surface area contributed by atoms with E-state index in [1.165, 1.54) is 0 Å². The number of hydrogen-bond donors (Lipinski definition) is 4. The van der Waals surface area contributed by atoms with Crippen LogP contribution < -0.4 is 5.73 Å². The number of carbonyl (C=O) groups is 3. The van der Waals surface area contributed by atoms with Gasteiger partial charge >= 0.3 is 17.9 Å². The summed E-state index contributed by atoms with van der Waals surface area (Å²) in [5, 5.41) is 26.6. The Hall–Kier alpha value is -1.89. The zero-order valence-electron chi connectivity index (χ0n) is 8.66. The van der Waals surface area contributed by atoms with Crippen molar-refractivity contribution in [3.8, 4) is 0 Å². The van der Waals surface area contributed by atoms with Crippen LogP contribution in [0.3, 0.4) is 0 Å². The number of hydrogen-bond acceptors (Lipinski definition) is 4. The monoisotopic (exact) mass is 241 g/mol. The fraction of sp³-hybridized carbons (Fsp3) is 0.500. The molecule has 2 fully saturated rings. The molecule has 0 radical (unpaired) electrons. The summed E-state index contributed by atoms with van der Waals surface area (Å²) in [5.74, 6) is -5.57. The second-order valence-electron chi connectivity index (χ2n) is 4.44. The summed E-state index contributed by atoms with van der Waals surface area (Å²) in [7, 11) is 0. The van der Waals surface area contributed by atoms with Crippen LogP contribution in [-0.2, 0) is 14.4 Å². The van der Waals surface area contributed by atoms with E-state index in [0.29, 0.717) is 0 Å². The van der Waals surface area contributed by atoms with Gasteiger partial charge in [-0.25, -0.2) is 9.59 Å². The number of aliphatic carboxylic acids is 3. The van der Waals surface area contributed by atoms with Gasteiger partial charge in [-0.1, -0.05) is 0 Å². The molecule has 17 heavy (non-hydrogen) atoms. The Labute approximate surface area is 95.5 Å². The van der Waals surface area contributed by atoms with Gasteiger partial charge in [0.05, 0.1) is 5.92 Å². The zero-order valence-corrected chi connectivity index (χ0v) is 8.66. The predicted octanol–water partition coefficient (Wildman–Crippen LogP) is -0.870. The standard InChI is InChI=1S/C10H11NO6/c11-10(9(16)17)3(2-5(12)13)1-4-6(7(4)10)8(14)15/h2,4,6-7H,1,11H2,(H,12,13)(H,14,15)(H,16,17)/t4-,6-,7+,10-/m1/s1. The third-order valence-corrected chi connectivity index (χ3v) is 3.62. The minimum atomic E-state index is -1.86. The van der Waals surface area contributed by atoms with Crippen molar-refractivity contribution in [2.45, 2.75) is 12.0 Å². The molecule has 4 atom stereocenters. The number of fused-ring (bicyclic) bond motifs is 1. The maximum atomic E-state index is 11.2. The molecule has 0 bridgehead atoms. The van der Waals surface area contributed by atoms with Crippen molar-refractivity contribution in [1.82, 2.24) is 0 Å². The van der Waals surface area contributed by atoms with Gasteiger partial charge in [0, 0.05) is 12.0 Å². The Morgan fingerprint density at radius 1 is 1.29 bits per heavy atom. The summed E-state index contributed by atoms with van der Waals surface area (Å²) in [6, 6.07) is 0. The van der Waals surface area contributed by atoms with E-state index in [1.807, 2.05) is 0 Å². The van der Waals surface area contributed by atoms with Crippen molar-refractivity contribution < 1.29 is 29.7 Å². The highest BCUT2D eigenvalue weighted by Crippen LogP contribution is 2.63. The first kappa shape index (κ1) is 11.6. The fourth-order valence-electron chi connectivity index (χ4n) is 2.83. The molecule has 0 aromatic heterocycles. The maximum Gasteiger partial charge on any atom is 0.328 e. The van der Waals surface area contributed by atoms with Crippen LogP contribution >= 0.6 is 0 Å². The molecular formula is C10H11NO6. The van der Waals surface area contributed by atoms with Crippen LogP contribution in [0.4, 0.5) is 0 Å². The van der Waals surface area contributed by atoms with E-state index in [0.717, 1.165) is 6.08 Å². The second kappa shape index (κ2) is 3.30. The van der Waals surface area contributed by atoms with Crippen molar-refractivity contribution in [2.75, 3.05) is 0 Å². The third-order valence-electron chi connectivity index (χ3n) is 3.62. The molecule has 2 rings (SSSR count). The third kappa shape index (κ3) is 1.42. The summed E-state index contributed by atoms with van der Waals surface area (Å²) >= 11 is 0. The van der Waals surface area contributed by atoms with Crippen molar-refractivity contribution in [2.24, 2.45) is 23.5 Å². The molecule has 0 aliphatic heterocycles. The molecule has 2 aliphatic carbocycles. The molecule has 0 unspecified atom stereocenters. The van der Waals surface area contributed by atoms with Crippen LogP contribution in [0.25, 0.3) is 0 Å². The minimum absolute atomic E-state index is 0.0880. The molecule has 0 aromatic carbocycles. The lowest BCUT2D eigenvalue weighted by atomic mass is 9.86. The number of rotatable bonds is 3. The van der Waals surface area contributed by atoms with Gasteiger partial charge in [-0.2, -0.15) is 0 Å². The molecule has 2 aliphatic rings. The molecule has 2 saturated carbocycles. The lowest BCUT2D eigenvalue weighted by molar-refractivity contribution is -0.143. The van der Waals surface area contributed by atoms with Gasteiger partial charge in [-0.15, -0.1) is 0 Å². The summed E-state index contributed by atoms with van der Waals surface area (Å²) in [6.45, 7) is 0. The van der Waals surface area contributed by atoms with Crippen LogP contribution in [0.1, 0.15) is 6.42 Å². The Balaban J connectivity index is 2.37. The normalized spacial score (nSPS) is 41.0. The minimum Gasteiger partial charge on any atom is -0.481 e. The van der Waals surface area contributed by atoms with Crippen molar-refractivity contribution >= 4 is 17.9 Å². The quantitative estimate of drug-likeness (QED) is 0.471. The van der Waals surface area contributed by atoms with E-state index >= 15 is 0 Å².